The van der Waals surface area contributed by atoms with Crippen molar-refractivity contribution in [3.8, 4) is 5.75 Å². The monoisotopic (exact) mass is 345 g/mol. The topological polar surface area (TPSA) is 90.0 Å². The normalized spacial score (nSPS) is 18.1. The largest absolute Gasteiger partial charge is 0.497 e. The number of anilines is 1. The van der Waals surface area contributed by atoms with Gasteiger partial charge in [0.25, 0.3) is 0 Å². The van der Waals surface area contributed by atoms with Gasteiger partial charge in [0.15, 0.2) is 0 Å². The van der Waals surface area contributed by atoms with Crippen LogP contribution >= 0.6 is 0 Å². The molecule has 0 aliphatic carbocycles. The van der Waals surface area contributed by atoms with Crippen molar-refractivity contribution < 1.29 is 31.4 Å². The van der Waals surface area contributed by atoms with Crippen molar-refractivity contribution in [1.29, 1.82) is 0 Å². The van der Waals surface area contributed by atoms with E-state index in [1.165, 1.54) is 31.3 Å². The number of ether oxygens (including phenoxy) is 2. The molecule has 0 saturated carbocycles. The zero-order valence-electron chi connectivity index (χ0n) is 12.6. The Labute approximate surface area is 133 Å². The molecule has 23 heavy (non-hydrogen) atoms. The van der Waals surface area contributed by atoms with Gasteiger partial charge in [0, 0.05) is 24.9 Å². The first-order valence-corrected chi connectivity index (χ1v) is 8.29. The number of hydrogen-bond donors (Lipinski definition) is 0. The number of halogens is 1. The molecule has 1 aromatic rings. The Balaban J connectivity index is 2.36. The van der Waals surface area contributed by atoms with Gasteiger partial charge >= 0.3 is 16.2 Å². The standard InChI is InChI=1S/C14H16FNO6S/c1-21-10-3-4-11(14(18)22-2)12(6-10)16-7-9(5-13(16)17)8-23(15,19)20/h3-4,6,9H,5,7-8H2,1-2H3. The molecule has 0 bridgehead atoms. The van der Waals surface area contributed by atoms with E-state index in [1.54, 1.807) is 6.07 Å². The second-order valence-corrected chi connectivity index (χ2v) is 6.57. The minimum Gasteiger partial charge on any atom is -0.497 e. The van der Waals surface area contributed by atoms with Crippen LogP contribution in [0.4, 0.5) is 9.57 Å². The Hall–Kier alpha value is -2.16. The van der Waals surface area contributed by atoms with Crippen LogP contribution in [0, 0.1) is 5.92 Å². The average molecular weight is 345 g/mol. The number of carbonyl (C=O) groups is 2. The highest BCUT2D eigenvalue weighted by atomic mass is 32.3. The summed E-state index contributed by atoms with van der Waals surface area (Å²) in [6.07, 6.45) is -0.110. The Morgan fingerprint density at radius 3 is 2.65 bits per heavy atom. The summed E-state index contributed by atoms with van der Waals surface area (Å²) in [5.74, 6) is -2.02. The molecule has 1 atom stereocenters. The van der Waals surface area contributed by atoms with Crippen LogP contribution in [0.1, 0.15) is 16.8 Å². The van der Waals surface area contributed by atoms with Gasteiger partial charge in [0.05, 0.1) is 31.2 Å². The van der Waals surface area contributed by atoms with Crippen LogP contribution in [0.3, 0.4) is 0 Å². The predicted molar refractivity (Wildman–Crippen MR) is 79.7 cm³/mol. The lowest BCUT2D eigenvalue weighted by Crippen LogP contribution is -2.27. The molecular weight excluding hydrogens is 329 g/mol. The Bertz CT molecular complexity index is 733. The molecule has 0 spiro atoms. The molecule has 1 saturated heterocycles. The SMILES string of the molecule is COC(=O)c1ccc(OC)cc1N1CC(CS(=O)(=O)F)CC1=O. The van der Waals surface area contributed by atoms with E-state index in [-0.39, 0.29) is 24.2 Å². The van der Waals surface area contributed by atoms with Crippen LogP contribution in [0.2, 0.25) is 0 Å². The highest BCUT2D eigenvalue weighted by Gasteiger charge is 2.35. The number of carbonyl (C=O) groups excluding carboxylic acids is 2. The number of benzene rings is 1. The van der Waals surface area contributed by atoms with Crippen molar-refractivity contribution >= 4 is 27.8 Å². The molecule has 0 aromatic heterocycles. The molecule has 9 heteroatoms. The van der Waals surface area contributed by atoms with Gasteiger partial charge in [-0.15, -0.1) is 3.89 Å². The van der Waals surface area contributed by atoms with Crippen LogP contribution in [0.25, 0.3) is 0 Å². The first-order valence-electron chi connectivity index (χ1n) is 6.74. The summed E-state index contributed by atoms with van der Waals surface area (Å²) in [7, 11) is -2.04. The van der Waals surface area contributed by atoms with Crippen molar-refractivity contribution in [1.82, 2.24) is 0 Å². The molecule has 0 radical (unpaired) electrons. The molecule has 1 fully saturated rings. The Morgan fingerprint density at radius 1 is 1.39 bits per heavy atom. The number of rotatable bonds is 5. The van der Waals surface area contributed by atoms with Crippen molar-refractivity contribution in [2.45, 2.75) is 6.42 Å². The second kappa shape index (κ2) is 6.53. The van der Waals surface area contributed by atoms with Gasteiger partial charge in [0.1, 0.15) is 5.75 Å². The summed E-state index contributed by atoms with van der Waals surface area (Å²) in [6, 6.07) is 4.47. The van der Waals surface area contributed by atoms with Crippen LogP contribution < -0.4 is 9.64 Å². The Morgan fingerprint density at radius 2 is 2.09 bits per heavy atom. The maximum Gasteiger partial charge on any atom is 0.339 e. The first-order chi connectivity index (χ1) is 10.7. The molecule has 1 aromatic carbocycles. The highest BCUT2D eigenvalue weighted by Crippen LogP contribution is 2.32. The molecule has 0 N–H and O–H groups in total. The number of methoxy groups -OCH3 is 2. The fraction of sp³-hybridized carbons (Fsp3) is 0.429. The quantitative estimate of drug-likeness (QED) is 0.587. The van der Waals surface area contributed by atoms with Crippen molar-refractivity contribution in [3.63, 3.8) is 0 Å². The molecule has 7 nitrogen and oxygen atoms in total. The molecule has 2 rings (SSSR count). The molecule has 1 aliphatic rings. The summed E-state index contributed by atoms with van der Waals surface area (Å²) >= 11 is 0. The second-order valence-electron chi connectivity index (χ2n) is 5.15. The van der Waals surface area contributed by atoms with E-state index < -0.39 is 33.8 Å². The van der Waals surface area contributed by atoms with Crippen molar-refractivity contribution in [2.75, 3.05) is 31.4 Å². The number of amides is 1. The highest BCUT2D eigenvalue weighted by molar-refractivity contribution is 7.86. The summed E-state index contributed by atoms with van der Waals surface area (Å²) < 4.78 is 44.1. The number of nitrogens with zero attached hydrogens (tertiary/aromatic N) is 1. The van der Waals surface area contributed by atoms with Gasteiger partial charge in [-0.2, -0.15) is 8.42 Å². The molecule has 1 heterocycles. The summed E-state index contributed by atoms with van der Waals surface area (Å²) in [6.45, 7) is -0.000848. The van der Waals surface area contributed by atoms with Crippen LogP contribution in [-0.4, -0.2) is 46.8 Å². The smallest absolute Gasteiger partial charge is 0.339 e. The van der Waals surface area contributed by atoms with E-state index in [0.717, 1.165) is 0 Å². The van der Waals surface area contributed by atoms with Gasteiger partial charge in [-0.1, -0.05) is 0 Å². The van der Waals surface area contributed by atoms with Crippen LogP contribution in [0.15, 0.2) is 18.2 Å². The van der Waals surface area contributed by atoms with Crippen LogP contribution in [-0.2, 0) is 19.8 Å². The zero-order chi connectivity index (χ0) is 17.2. The number of esters is 1. The molecule has 1 unspecified atom stereocenters. The zero-order valence-corrected chi connectivity index (χ0v) is 13.4. The lowest BCUT2D eigenvalue weighted by molar-refractivity contribution is -0.117. The van der Waals surface area contributed by atoms with Gasteiger partial charge in [-0.25, -0.2) is 4.79 Å². The fourth-order valence-electron chi connectivity index (χ4n) is 2.55. The van der Waals surface area contributed by atoms with Gasteiger partial charge in [-0.05, 0) is 12.1 Å². The maximum absolute atomic E-state index is 12.8. The molecule has 1 amide bonds. The Kier molecular flexibility index (Phi) is 4.88. The molecule has 1 aliphatic heterocycles. The lowest BCUT2D eigenvalue weighted by Gasteiger charge is -2.20. The molecule has 126 valence electrons. The number of hydrogen-bond acceptors (Lipinski definition) is 6. The third-order valence-corrected chi connectivity index (χ3v) is 4.41. The van der Waals surface area contributed by atoms with E-state index in [4.69, 9.17) is 4.74 Å². The summed E-state index contributed by atoms with van der Waals surface area (Å²) in [4.78, 5) is 25.3. The van der Waals surface area contributed by atoms with E-state index in [0.29, 0.717) is 5.75 Å². The first kappa shape index (κ1) is 17.2. The van der Waals surface area contributed by atoms with E-state index >= 15 is 0 Å². The van der Waals surface area contributed by atoms with Crippen molar-refractivity contribution in [3.05, 3.63) is 23.8 Å². The third-order valence-electron chi connectivity index (χ3n) is 3.54. The van der Waals surface area contributed by atoms with Crippen LogP contribution in [0.5, 0.6) is 5.75 Å². The van der Waals surface area contributed by atoms with E-state index in [1.807, 2.05) is 0 Å². The predicted octanol–water partition coefficient (Wildman–Crippen LogP) is 1.13. The third kappa shape index (κ3) is 3.98. The summed E-state index contributed by atoms with van der Waals surface area (Å²) in [5, 5.41) is 0. The average Bonchev–Trinajstić information content (AvgIpc) is 2.84. The van der Waals surface area contributed by atoms with Crippen molar-refractivity contribution in [2.24, 2.45) is 5.92 Å². The lowest BCUT2D eigenvalue weighted by atomic mass is 10.1. The minimum absolute atomic E-state index is 0.000848. The maximum atomic E-state index is 12.8. The van der Waals surface area contributed by atoms with Gasteiger partial charge in [-0.3, -0.25) is 4.79 Å². The van der Waals surface area contributed by atoms with Gasteiger partial charge in [0.2, 0.25) is 5.91 Å². The fourth-order valence-corrected chi connectivity index (χ4v) is 3.34. The van der Waals surface area contributed by atoms with Gasteiger partial charge < -0.3 is 14.4 Å². The minimum atomic E-state index is -4.68. The van der Waals surface area contributed by atoms with E-state index in [2.05, 4.69) is 4.74 Å². The van der Waals surface area contributed by atoms with E-state index in [9.17, 15) is 21.9 Å². The molecular formula is C14H16FNO6S. The summed E-state index contributed by atoms with van der Waals surface area (Å²) in [5.41, 5.74) is 0.394.